The van der Waals surface area contributed by atoms with Gasteiger partial charge in [-0.1, -0.05) is 18.0 Å². The van der Waals surface area contributed by atoms with E-state index in [2.05, 4.69) is 26.7 Å². The number of nitrogens with one attached hydrogen (secondary N) is 1. The average Bonchev–Trinajstić information content (AvgIpc) is 3.75. The highest BCUT2D eigenvalue weighted by molar-refractivity contribution is 7.12. The van der Waals surface area contributed by atoms with Crippen molar-refractivity contribution in [3.05, 3.63) is 81.1 Å². The molecular formula is C35H34ClFN4O3S. The van der Waals surface area contributed by atoms with E-state index in [0.717, 1.165) is 34.3 Å². The second-order valence-corrected chi connectivity index (χ2v) is 14.9. The number of amides is 1. The number of fused-ring (bicyclic) bond motifs is 5. The van der Waals surface area contributed by atoms with Crippen LogP contribution in [0.25, 0.3) is 33.4 Å². The van der Waals surface area contributed by atoms with Crippen LogP contribution in [0.2, 0.25) is 5.02 Å². The van der Waals surface area contributed by atoms with Gasteiger partial charge in [0.25, 0.3) is 0 Å². The van der Waals surface area contributed by atoms with Crippen molar-refractivity contribution in [2.75, 3.05) is 6.54 Å². The van der Waals surface area contributed by atoms with Crippen LogP contribution in [0.5, 0.6) is 5.75 Å². The highest BCUT2D eigenvalue weighted by atomic mass is 35.5. The Balaban J connectivity index is 1.17. The lowest BCUT2D eigenvalue weighted by Gasteiger charge is -2.30. The van der Waals surface area contributed by atoms with E-state index in [1.165, 1.54) is 30.2 Å². The Morgan fingerprint density at radius 1 is 1.09 bits per heavy atom. The summed E-state index contributed by atoms with van der Waals surface area (Å²) < 4.78 is 30.7. The van der Waals surface area contributed by atoms with Gasteiger partial charge in [-0.3, -0.25) is 9.47 Å². The van der Waals surface area contributed by atoms with Gasteiger partial charge in [-0.15, -0.1) is 11.3 Å². The minimum Gasteiger partial charge on any atom is -0.464 e. The second kappa shape index (κ2) is 10.6. The van der Waals surface area contributed by atoms with Crippen molar-refractivity contribution < 1.29 is 18.7 Å². The molecule has 1 saturated carbocycles. The van der Waals surface area contributed by atoms with Crippen molar-refractivity contribution in [2.24, 2.45) is 0 Å². The number of hydrogen-bond acceptors (Lipinski definition) is 5. The van der Waals surface area contributed by atoms with Crippen molar-refractivity contribution in [1.29, 1.82) is 0 Å². The first-order valence-corrected chi connectivity index (χ1v) is 16.8. The number of benzene rings is 2. The number of aromatic nitrogens is 3. The fraction of sp³-hybridized carbons (Fsp3) is 0.371. The van der Waals surface area contributed by atoms with Gasteiger partial charge in [-0.05, 0) is 101 Å². The maximum absolute atomic E-state index is 16.2. The molecule has 45 heavy (non-hydrogen) atoms. The Kier molecular flexibility index (Phi) is 6.76. The summed E-state index contributed by atoms with van der Waals surface area (Å²) in [5.41, 5.74) is 2.81. The summed E-state index contributed by atoms with van der Waals surface area (Å²) in [4.78, 5) is 25.1. The summed E-state index contributed by atoms with van der Waals surface area (Å²) >= 11 is 8.15. The number of H-pyrrole nitrogens is 1. The molecule has 8 rings (SSSR count). The second-order valence-electron chi connectivity index (χ2n) is 13.3. The number of nitrogens with zero attached hydrogens (tertiary/aromatic N) is 3. The van der Waals surface area contributed by atoms with Crippen LogP contribution in [0.1, 0.15) is 86.6 Å². The van der Waals surface area contributed by atoms with Gasteiger partial charge in [0, 0.05) is 27.4 Å². The Labute approximate surface area is 269 Å². The number of aromatic amines is 1. The third kappa shape index (κ3) is 5.00. The van der Waals surface area contributed by atoms with Crippen molar-refractivity contribution in [2.45, 2.75) is 76.7 Å². The lowest BCUT2D eigenvalue weighted by molar-refractivity contribution is 0.0218. The lowest BCUT2D eigenvalue weighted by atomic mass is 9.84. The zero-order valence-corrected chi connectivity index (χ0v) is 27.0. The van der Waals surface area contributed by atoms with E-state index >= 15 is 4.39 Å². The largest absolute Gasteiger partial charge is 0.464 e. The smallest absolute Gasteiger partial charge is 0.410 e. The number of hydrogen-bond donors (Lipinski definition) is 1. The molecule has 2 atom stereocenters. The van der Waals surface area contributed by atoms with Crippen LogP contribution in [-0.4, -0.2) is 37.7 Å². The van der Waals surface area contributed by atoms with Crippen LogP contribution >= 0.6 is 22.9 Å². The number of carbonyl (C=O) groups excluding carboxylic acids is 1. The first-order chi connectivity index (χ1) is 21.6. The Hall–Kier alpha value is -3.82. The molecule has 1 saturated heterocycles. The maximum atomic E-state index is 16.2. The fourth-order valence-electron chi connectivity index (χ4n) is 6.75. The number of rotatable bonds is 4. The molecule has 0 spiro atoms. The third-order valence-electron chi connectivity index (χ3n) is 9.09. The van der Waals surface area contributed by atoms with Crippen LogP contribution in [0.4, 0.5) is 9.18 Å². The van der Waals surface area contributed by atoms with E-state index in [4.69, 9.17) is 21.1 Å². The van der Waals surface area contributed by atoms with Crippen LogP contribution in [0, 0.1) is 5.82 Å². The average molecular weight is 645 g/mol. The van der Waals surface area contributed by atoms with Gasteiger partial charge in [-0.25, -0.2) is 14.2 Å². The number of halogens is 2. The van der Waals surface area contributed by atoms with Gasteiger partial charge in [0.2, 0.25) is 6.23 Å². The Morgan fingerprint density at radius 3 is 2.69 bits per heavy atom. The number of imidazole rings is 1. The van der Waals surface area contributed by atoms with Crippen molar-refractivity contribution in [3.8, 4) is 28.3 Å². The molecule has 10 heteroatoms. The van der Waals surface area contributed by atoms with E-state index in [1.54, 1.807) is 22.4 Å². The molecule has 2 aliphatic heterocycles. The van der Waals surface area contributed by atoms with Crippen LogP contribution in [-0.2, 0) is 4.74 Å². The van der Waals surface area contributed by atoms with E-state index in [0.29, 0.717) is 45.9 Å². The summed E-state index contributed by atoms with van der Waals surface area (Å²) in [5.74, 6) is 1.36. The summed E-state index contributed by atoms with van der Waals surface area (Å²) in [5, 5.41) is 1.56. The lowest BCUT2D eigenvalue weighted by Crippen LogP contribution is -2.36. The molecule has 5 heterocycles. The predicted octanol–water partition coefficient (Wildman–Crippen LogP) is 9.83. The van der Waals surface area contributed by atoms with Gasteiger partial charge >= 0.3 is 6.09 Å². The van der Waals surface area contributed by atoms with E-state index in [-0.39, 0.29) is 18.0 Å². The first kappa shape index (κ1) is 28.6. The van der Waals surface area contributed by atoms with Crippen LogP contribution in [0.3, 0.4) is 0 Å². The number of thiophene rings is 1. The summed E-state index contributed by atoms with van der Waals surface area (Å²) in [6.07, 6.45) is 6.25. The van der Waals surface area contributed by atoms with Gasteiger partial charge in [0.15, 0.2) is 0 Å². The van der Waals surface area contributed by atoms with Crippen molar-refractivity contribution in [3.63, 3.8) is 0 Å². The molecule has 3 aliphatic rings. The molecular weight excluding hydrogens is 611 g/mol. The zero-order valence-electron chi connectivity index (χ0n) is 25.4. The Bertz CT molecular complexity index is 1950. The SMILES string of the molecule is CC(C)(C)OC(=O)N1CCC[C@H]1c1ncc(-c2cc(F)c3c(c2)OC(c2ccc(C4CCC4)s2)n2c-3cc3cc(Cl)ccc32)[nH]1. The molecule has 3 aromatic heterocycles. The van der Waals surface area contributed by atoms with Crippen LogP contribution in [0.15, 0.2) is 54.7 Å². The highest BCUT2D eigenvalue weighted by Crippen LogP contribution is 2.49. The molecule has 7 nitrogen and oxygen atoms in total. The van der Waals surface area contributed by atoms with E-state index < -0.39 is 11.8 Å². The monoisotopic (exact) mass is 644 g/mol. The number of likely N-dealkylation sites (tertiary alicyclic amines) is 1. The molecule has 0 bridgehead atoms. The zero-order chi connectivity index (χ0) is 31.0. The standard InChI is InChI=1S/C35H34ClFN4O3S/c1-35(2,3)44-34(42)40-13-5-8-26(40)32-38-18-24(39-32)20-15-23(37)31-27-16-21-14-22(36)9-10-25(21)41(27)33(43-28(31)17-20)30-12-11-29(45-30)19-6-4-7-19/h9-12,14-19,26,33H,4-8,13H2,1-3H3,(H,38,39)/t26-,33?/m0/s1. The maximum Gasteiger partial charge on any atom is 0.410 e. The van der Waals surface area contributed by atoms with Gasteiger partial charge in [0.05, 0.1) is 39.6 Å². The third-order valence-corrected chi connectivity index (χ3v) is 10.6. The van der Waals surface area contributed by atoms with Gasteiger partial charge in [-0.2, -0.15) is 0 Å². The van der Waals surface area contributed by atoms with Gasteiger partial charge < -0.3 is 14.5 Å². The quantitative estimate of drug-likeness (QED) is 0.211. The molecule has 2 fully saturated rings. The summed E-state index contributed by atoms with van der Waals surface area (Å²) in [6, 6.07) is 15.3. The van der Waals surface area contributed by atoms with Crippen molar-refractivity contribution >= 4 is 39.9 Å². The molecule has 1 N–H and O–H groups in total. The number of carbonyl (C=O) groups is 1. The molecule has 232 valence electrons. The summed E-state index contributed by atoms with van der Waals surface area (Å²) in [6.45, 7) is 6.18. The molecule has 0 radical (unpaired) electrons. The minimum atomic E-state index is -0.586. The number of ether oxygens (including phenoxy) is 2. The fourth-order valence-corrected chi connectivity index (χ4v) is 8.13. The molecule has 1 aliphatic carbocycles. The Morgan fingerprint density at radius 2 is 1.91 bits per heavy atom. The highest BCUT2D eigenvalue weighted by Gasteiger charge is 2.36. The van der Waals surface area contributed by atoms with Gasteiger partial charge in [0.1, 0.15) is 23.0 Å². The predicted molar refractivity (Wildman–Crippen MR) is 175 cm³/mol. The van der Waals surface area contributed by atoms with Crippen LogP contribution < -0.4 is 4.74 Å². The molecule has 2 aromatic carbocycles. The van der Waals surface area contributed by atoms with E-state index in [9.17, 15) is 4.79 Å². The molecule has 1 unspecified atom stereocenters. The molecule has 1 amide bonds. The topological polar surface area (TPSA) is 72.4 Å². The van der Waals surface area contributed by atoms with Crippen molar-refractivity contribution in [1.82, 2.24) is 19.4 Å². The molecule has 5 aromatic rings. The minimum absolute atomic E-state index is 0.233. The normalized spacial score (nSPS) is 19.7. The van der Waals surface area contributed by atoms with E-state index in [1.807, 2.05) is 51.1 Å². The first-order valence-electron chi connectivity index (χ1n) is 15.6. The summed E-state index contributed by atoms with van der Waals surface area (Å²) in [7, 11) is 0.